The minimum absolute atomic E-state index is 0.140. The lowest BCUT2D eigenvalue weighted by Crippen LogP contribution is -2.24. The van der Waals surface area contributed by atoms with Gasteiger partial charge in [-0.2, -0.15) is 15.0 Å². The second-order valence-corrected chi connectivity index (χ2v) is 4.16. The van der Waals surface area contributed by atoms with Crippen molar-refractivity contribution in [1.29, 1.82) is 0 Å². The van der Waals surface area contributed by atoms with Gasteiger partial charge in [-0.25, -0.2) is 0 Å². The molecule has 1 heterocycles. The zero-order chi connectivity index (χ0) is 14.1. The molecule has 7 heteroatoms. The number of rotatable bonds is 9. The summed E-state index contributed by atoms with van der Waals surface area (Å²) in [6.45, 7) is 9.36. The predicted octanol–water partition coefficient (Wildman–Crippen LogP) is 2.18. The topological polar surface area (TPSA) is 60.4 Å². The standard InChI is InChI=1S/C12H21ClN4O2/c1-4-7-18-8-9-19-12-15-10(13)14-11(16-12)17(5-2)6-3/h4-9H2,1-3H3. The molecule has 0 radical (unpaired) electrons. The van der Waals surface area contributed by atoms with Gasteiger partial charge in [-0.15, -0.1) is 0 Å². The highest BCUT2D eigenvalue weighted by atomic mass is 35.5. The summed E-state index contributed by atoms with van der Waals surface area (Å²) < 4.78 is 10.7. The molecule has 0 fully saturated rings. The summed E-state index contributed by atoms with van der Waals surface area (Å²) in [7, 11) is 0. The van der Waals surface area contributed by atoms with Gasteiger partial charge in [-0.05, 0) is 31.9 Å². The Balaban J connectivity index is 2.58. The first kappa shape index (κ1) is 15.9. The Hall–Kier alpha value is -1.14. The summed E-state index contributed by atoms with van der Waals surface area (Å²) in [4.78, 5) is 14.2. The molecule has 1 aromatic heterocycles. The third-order valence-electron chi connectivity index (χ3n) is 2.43. The van der Waals surface area contributed by atoms with Gasteiger partial charge in [-0.1, -0.05) is 6.92 Å². The van der Waals surface area contributed by atoms with E-state index in [1.165, 1.54) is 0 Å². The van der Waals surface area contributed by atoms with Crippen LogP contribution in [0.25, 0.3) is 0 Å². The Kier molecular flexibility index (Phi) is 7.43. The third-order valence-corrected chi connectivity index (χ3v) is 2.60. The second kappa shape index (κ2) is 8.87. The van der Waals surface area contributed by atoms with Crippen molar-refractivity contribution in [2.75, 3.05) is 37.8 Å². The Morgan fingerprint density at radius 2 is 1.74 bits per heavy atom. The molecular formula is C12H21ClN4O2. The van der Waals surface area contributed by atoms with Gasteiger partial charge in [0.2, 0.25) is 11.2 Å². The maximum Gasteiger partial charge on any atom is 0.322 e. The molecule has 0 spiro atoms. The van der Waals surface area contributed by atoms with Crippen molar-refractivity contribution in [2.45, 2.75) is 27.2 Å². The second-order valence-electron chi connectivity index (χ2n) is 3.82. The Bertz CT molecular complexity index is 375. The summed E-state index contributed by atoms with van der Waals surface area (Å²) >= 11 is 5.87. The van der Waals surface area contributed by atoms with E-state index >= 15 is 0 Å². The van der Waals surface area contributed by atoms with E-state index in [0.29, 0.717) is 19.2 Å². The zero-order valence-corrected chi connectivity index (χ0v) is 12.5. The summed E-state index contributed by atoms with van der Waals surface area (Å²) in [5, 5.41) is 0.140. The lowest BCUT2D eigenvalue weighted by atomic mass is 10.5. The molecule has 1 rings (SSSR count). The van der Waals surface area contributed by atoms with E-state index < -0.39 is 0 Å². The molecule has 1 aromatic rings. The van der Waals surface area contributed by atoms with Crippen molar-refractivity contribution in [1.82, 2.24) is 15.0 Å². The van der Waals surface area contributed by atoms with Crippen LogP contribution in [0.5, 0.6) is 6.01 Å². The zero-order valence-electron chi connectivity index (χ0n) is 11.7. The molecule has 108 valence electrons. The van der Waals surface area contributed by atoms with E-state index in [-0.39, 0.29) is 11.3 Å². The van der Waals surface area contributed by atoms with Gasteiger partial charge < -0.3 is 14.4 Å². The van der Waals surface area contributed by atoms with E-state index in [9.17, 15) is 0 Å². The minimum atomic E-state index is 0.140. The average molecular weight is 289 g/mol. The first-order valence-corrected chi connectivity index (χ1v) is 6.96. The number of nitrogens with zero attached hydrogens (tertiary/aromatic N) is 4. The summed E-state index contributed by atoms with van der Waals surface area (Å²) in [5.74, 6) is 0.537. The number of halogens is 1. The fourth-order valence-corrected chi connectivity index (χ4v) is 1.62. The first-order chi connectivity index (χ1) is 9.21. The van der Waals surface area contributed by atoms with E-state index in [2.05, 4.69) is 21.9 Å². The molecule has 6 nitrogen and oxygen atoms in total. The molecule has 0 aliphatic rings. The normalized spacial score (nSPS) is 10.5. The van der Waals surface area contributed by atoms with Crippen LogP contribution in [0.15, 0.2) is 0 Å². The van der Waals surface area contributed by atoms with Crippen molar-refractivity contribution < 1.29 is 9.47 Å². The van der Waals surface area contributed by atoms with Gasteiger partial charge in [0.15, 0.2) is 0 Å². The molecule has 0 unspecified atom stereocenters. The number of anilines is 1. The molecular weight excluding hydrogens is 268 g/mol. The summed E-state index contributed by atoms with van der Waals surface area (Å²) in [6.07, 6.45) is 0.990. The van der Waals surface area contributed by atoms with Gasteiger partial charge in [0.25, 0.3) is 0 Å². The Labute approximate surface area is 119 Å². The van der Waals surface area contributed by atoms with Gasteiger partial charge in [0.05, 0.1) is 6.61 Å². The molecule has 0 N–H and O–H groups in total. The van der Waals surface area contributed by atoms with Crippen molar-refractivity contribution in [2.24, 2.45) is 0 Å². The molecule has 0 aromatic carbocycles. The molecule has 19 heavy (non-hydrogen) atoms. The largest absolute Gasteiger partial charge is 0.461 e. The van der Waals surface area contributed by atoms with Crippen LogP contribution in [0.1, 0.15) is 27.2 Å². The number of hydrogen-bond donors (Lipinski definition) is 0. The van der Waals surface area contributed by atoms with Crippen molar-refractivity contribution in [3.8, 4) is 6.01 Å². The van der Waals surface area contributed by atoms with E-state index in [4.69, 9.17) is 21.1 Å². The van der Waals surface area contributed by atoms with E-state index in [0.717, 1.165) is 26.1 Å². The van der Waals surface area contributed by atoms with Gasteiger partial charge in [0.1, 0.15) is 6.61 Å². The number of ether oxygens (including phenoxy) is 2. The third kappa shape index (κ3) is 5.57. The number of hydrogen-bond acceptors (Lipinski definition) is 6. The molecule has 0 aliphatic carbocycles. The van der Waals surface area contributed by atoms with Crippen LogP contribution in [-0.4, -0.2) is 47.9 Å². The quantitative estimate of drug-likeness (QED) is 0.649. The summed E-state index contributed by atoms with van der Waals surface area (Å²) in [5.41, 5.74) is 0. The summed E-state index contributed by atoms with van der Waals surface area (Å²) in [6, 6.07) is 0.238. The van der Waals surface area contributed by atoms with Crippen LogP contribution >= 0.6 is 11.6 Å². The van der Waals surface area contributed by atoms with Crippen molar-refractivity contribution in [3.05, 3.63) is 5.28 Å². The lowest BCUT2D eigenvalue weighted by Gasteiger charge is -2.18. The van der Waals surface area contributed by atoms with Crippen LogP contribution in [0.3, 0.4) is 0 Å². The maximum absolute atomic E-state index is 5.87. The minimum Gasteiger partial charge on any atom is -0.461 e. The molecule has 0 aliphatic heterocycles. The Morgan fingerprint density at radius 1 is 1.00 bits per heavy atom. The highest BCUT2D eigenvalue weighted by Gasteiger charge is 2.10. The lowest BCUT2D eigenvalue weighted by molar-refractivity contribution is 0.0971. The van der Waals surface area contributed by atoms with Crippen molar-refractivity contribution in [3.63, 3.8) is 0 Å². The molecule has 0 atom stereocenters. The predicted molar refractivity (Wildman–Crippen MR) is 75.0 cm³/mol. The molecule has 0 bridgehead atoms. The maximum atomic E-state index is 5.87. The van der Waals surface area contributed by atoms with Gasteiger partial charge >= 0.3 is 6.01 Å². The van der Waals surface area contributed by atoms with Crippen LogP contribution in [0, 0.1) is 0 Å². The Morgan fingerprint density at radius 3 is 2.37 bits per heavy atom. The fraction of sp³-hybridized carbons (Fsp3) is 0.750. The van der Waals surface area contributed by atoms with Crippen LogP contribution in [0.4, 0.5) is 5.95 Å². The SMILES string of the molecule is CCCOCCOc1nc(Cl)nc(N(CC)CC)n1. The monoisotopic (exact) mass is 288 g/mol. The van der Waals surface area contributed by atoms with Gasteiger partial charge in [0, 0.05) is 19.7 Å². The smallest absolute Gasteiger partial charge is 0.322 e. The van der Waals surface area contributed by atoms with E-state index in [1.807, 2.05) is 18.7 Å². The fourth-order valence-electron chi connectivity index (χ4n) is 1.47. The molecule has 0 saturated heterocycles. The average Bonchev–Trinajstić information content (AvgIpc) is 2.39. The molecule has 0 amide bonds. The van der Waals surface area contributed by atoms with Crippen LogP contribution in [0.2, 0.25) is 5.28 Å². The number of aromatic nitrogens is 3. The van der Waals surface area contributed by atoms with Gasteiger partial charge in [-0.3, -0.25) is 0 Å². The first-order valence-electron chi connectivity index (χ1n) is 6.58. The van der Waals surface area contributed by atoms with Crippen LogP contribution < -0.4 is 9.64 Å². The molecule has 0 saturated carbocycles. The van der Waals surface area contributed by atoms with Crippen LogP contribution in [-0.2, 0) is 4.74 Å². The van der Waals surface area contributed by atoms with Crippen molar-refractivity contribution >= 4 is 17.5 Å². The van der Waals surface area contributed by atoms with E-state index in [1.54, 1.807) is 0 Å². The highest BCUT2D eigenvalue weighted by Crippen LogP contribution is 2.14. The highest BCUT2D eigenvalue weighted by molar-refractivity contribution is 6.28.